The predicted molar refractivity (Wildman–Crippen MR) is 82.5 cm³/mol. The molecule has 2 N–H and O–H groups in total. The Hall–Kier alpha value is -0.650. The van der Waals surface area contributed by atoms with Crippen molar-refractivity contribution in [3.8, 4) is 0 Å². The summed E-state index contributed by atoms with van der Waals surface area (Å²) >= 11 is 0. The van der Waals surface area contributed by atoms with Crippen LogP contribution < -0.4 is 5.32 Å². The fraction of sp³-hybridized carbons (Fsp3) is 0.938. The van der Waals surface area contributed by atoms with E-state index in [1.54, 1.807) is 0 Å². The van der Waals surface area contributed by atoms with Gasteiger partial charge in [0.25, 0.3) is 0 Å². The van der Waals surface area contributed by atoms with Crippen LogP contribution in [0.4, 0.5) is 0 Å². The normalized spacial score (nSPS) is 38.3. The van der Waals surface area contributed by atoms with E-state index >= 15 is 0 Å². The number of likely N-dealkylation sites (N-methyl/N-ethyl adjacent to an activating group) is 1. The van der Waals surface area contributed by atoms with Crippen molar-refractivity contribution in [2.75, 3.05) is 32.7 Å². The third-order valence-corrected chi connectivity index (χ3v) is 5.78. The summed E-state index contributed by atoms with van der Waals surface area (Å²) in [7, 11) is 0. The van der Waals surface area contributed by atoms with Gasteiger partial charge in [-0.05, 0) is 58.2 Å². The van der Waals surface area contributed by atoms with Crippen molar-refractivity contribution >= 4 is 5.97 Å². The zero-order chi connectivity index (χ0) is 14.9. The lowest BCUT2D eigenvalue weighted by Crippen LogP contribution is -2.51. The fourth-order valence-electron chi connectivity index (χ4n) is 4.60. The molecule has 3 aliphatic rings. The lowest BCUT2D eigenvalue weighted by Gasteiger charge is -2.29. The highest BCUT2D eigenvalue weighted by Gasteiger charge is 2.47. The number of rotatable bonds is 5. The minimum Gasteiger partial charge on any atom is -0.480 e. The van der Waals surface area contributed by atoms with Gasteiger partial charge in [-0.2, -0.15) is 0 Å². The number of carbonyl (C=O) groups is 1. The Morgan fingerprint density at radius 2 is 1.95 bits per heavy atom. The number of hydrogen-bond donors (Lipinski definition) is 2. The Morgan fingerprint density at radius 1 is 1.19 bits per heavy atom. The van der Waals surface area contributed by atoms with Gasteiger partial charge in [-0.15, -0.1) is 0 Å². The molecule has 0 amide bonds. The molecule has 0 aromatic carbocycles. The molecule has 0 radical (unpaired) electrons. The Labute approximate surface area is 127 Å². The second-order valence-electron chi connectivity index (χ2n) is 6.99. The first-order valence-electron chi connectivity index (χ1n) is 8.61. The van der Waals surface area contributed by atoms with E-state index in [-0.39, 0.29) is 0 Å². The van der Waals surface area contributed by atoms with E-state index < -0.39 is 11.5 Å². The molecule has 1 aliphatic carbocycles. The molecular formula is C16H29N3O2. The maximum Gasteiger partial charge on any atom is 0.323 e. The molecule has 3 rings (SSSR count). The van der Waals surface area contributed by atoms with Gasteiger partial charge in [0.15, 0.2) is 0 Å². The Morgan fingerprint density at radius 3 is 2.62 bits per heavy atom. The van der Waals surface area contributed by atoms with Gasteiger partial charge < -0.3 is 10.4 Å². The number of carboxylic acid groups (broad SMARTS) is 1. The van der Waals surface area contributed by atoms with E-state index in [9.17, 15) is 9.90 Å². The summed E-state index contributed by atoms with van der Waals surface area (Å²) < 4.78 is 0. The number of nitrogens with one attached hydrogen (secondary N) is 1. The van der Waals surface area contributed by atoms with E-state index in [1.807, 2.05) is 6.92 Å². The molecule has 2 aliphatic heterocycles. The minimum absolute atomic E-state index is 0.452. The molecule has 2 heterocycles. The first-order chi connectivity index (χ1) is 10.1. The monoisotopic (exact) mass is 295 g/mol. The summed E-state index contributed by atoms with van der Waals surface area (Å²) in [6, 6.07) is 1.17. The lowest BCUT2D eigenvalue weighted by molar-refractivity contribution is -0.144. The molecule has 0 aromatic rings. The molecule has 1 saturated carbocycles. The minimum atomic E-state index is -0.675. The Balaban J connectivity index is 1.57. The van der Waals surface area contributed by atoms with Gasteiger partial charge in [0.2, 0.25) is 0 Å². The smallest absolute Gasteiger partial charge is 0.323 e. The highest BCUT2D eigenvalue weighted by Crippen LogP contribution is 2.35. The largest absolute Gasteiger partial charge is 0.480 e. The molecule has 3 unspecified atom stereocenters. The van der Waals surface area contributed by atoms with Gasteiger partial charge in [-0.3, -0.25) is 14.6 Å². The number of likely N-dealkylation sites (tertiary alicyclic amines) is 2. The first-order valence-corrected chi connectivity index (χ1v) is 8.61. The topological polar surface area (TPSA) is 55.8 Å². The summed E-state index contributed by atoms with van der Waals surface area (Å²) in [5.41, 5.74) is -0.675. The summed E-state index contributed by atoms with van der Waals surface area (Å²) in [4.78, 5) is 16.9. The first kappa shape index (κ1) is 15.3. The average molecular weight is 295 g/mol. The number of aliphatic carboxylic acids is 1. The zero-order valence-electron chi connectivity index (χ0n) is 13.2. The van der Waals surface area contributed by atoms with Crippen LogP contribution in [0.25, 0.3) is 0 Å². The number of carboxylic acids is 1. The third kappa shape index (κ3) is 2.96. The highest BCUT2D eigenvalue weighted by molar-refractivity contribution is 5.79. The fourth-order valence-corrected chi connectivity index (χ4v) is 4.60. The molecule has 5 heteroatoms. The van der Waals surface area contributed by atoms with Crippen LogP contribution in [-0.4, -0.2) is 71.2 Å². The van der Waals surface area contributed by atoms with Crippen LogP contribution in [0.15, 0.2) is 0 Å². The van der Waals surface area contributed by atoms with Gasteiger partial charge in [-0.1, -0.05) is 6.92 Å². The van der Waals surface area contributed by atoms with Gasteiger partial charge in [-0.25, -0.2) is 0 Å². The standard InChI is InChI=1S/C16H29N3O2/c1-2-17-16(15(20)21)7-5-13(11-16)19-10-6-14(12-19)18-8-3-4-9-18/h13-14,17H,2-12H2,1H3,(H,20,21). The Kier molecular flexibility index (Phi) is 4.52. The van der Waals surface area contributed by atoms with E-state index in [0.717, 1.165) is 38.9 Å². The molecule has 2 saturated heterocycles. The molecule has 21 heavy (non-hydrogen) atoms. The molecule has 5 nitrogen and oxygen atoms in total. The van der Waals surface area contributed by atoms with Crippen LogP contribution in [0.2, 0.25) is 0 Å². The molecule has 3 fully saturated rings. The van der Waals surface area contributed by atoms with Crippen LogP contribution in [0.5, 0.6) is 0 Å². The van der Waals surface area contributed by atoms with Crippen molar-refractivity contribution < 1.29 is 9.90 Å². The van der Waals surface area contributed by atoms with Crippen molar-refractivity contribution in [2.24, 2.45) is 0 Å². The molecule has 3 atom stereocenters. The number of hydrogen-bond acceptors (Lipinski definition) is 4. The SMILES string of the molecule is CCNC1(C(=O)O)CCC(N2CCC(N3CCCC3)C2)C1. The highest BCUT2D eigenvalue weighted by atomic mass is 16.4. The summed E-state index contributed by atoms with van der Waals surface area (Å²) in [5.74, 6) is -0.665. The quantitative estimate of drug-likeness (QED) is 0.797. The van der Waals surface area contributed by atoms with Gasteiger partial charge >= 0.3 is 5.97 Å². The third-order valence-electron chi connectivity index (χ3n) is 5.78. The van der Waals surface area contributed by atoms with E-state index in [2.05, 4.69) is 15.1 Å². The number of nitrogens with zero attached hydrogens (tertiary/aromatic N) is 2. The second kappa shape index (κ2) is 6.23. The molecule has 120 valence electrons. The van der Waals surface area contributed by atoms with E-state index in [0.29, 0.717) is 12.1 Å². The Bertz CT molecular complexity index is 384. The lowest BCUT2D eigenvalue weighted by atomic mass is 9.97. The second-order valence-corrected chi connectivity index (χ2v) is 6.99. The van der Waals surface area contributed by atoms with Gasteiger partial charge in [0.05, 0.1) is 0 Å². The molecular weight excluding hydrogens is 266 g/mol. The van der Waals surface area contributed by atoms with Crippen LogP contribution in [0, 0.1) is 0 Å². The molecule has 0 aromatic heterocycles. The maximum atomic E-state index is 11.7. The van der Waals surface area contributed by atoms with Crippen molar-refractivity contribution in [1.29, 1.82) is 0 Å². The van der Waals surface area contributed by atoms with Crippen LogP contribution >= 0.6 is 0 Å². The van der Waals surface area contributed by atoms with Gasteiger partial charge in [0, 0.05) is 25.2 Å². The van der Waals surface area contributed by atoms with Crippen molar-refractivity contribution in [2.45, 2.75) is 63.1 Å². The van der Waals surface area contributed by atoms with Crippen LogP contribution in [-0.2, 0) is 4.79 Å². The predicted octanol–water partition coefficient (Wildman–Crippen LogP) is 1.14. The molecule has 0 spiro atoms. The maximum absolute atomic E-state index is 11.7. The zero-order valence-corrected chi connectivity index (χ0v) is 13.2. The van der Waals surface area contributed by atoms with Crippen molar-refractivity contribution in [1.82, 2.24) is 15.1 Å². The summed E-state index contributed by atoms with van der Waals surface area (Å²) in [6.07, 6.45) is 6.52. The van der Waals surface area contributed by atoms with Crippen LogP contribution in [0.3, 0.4) is 0 Å². The molecule has 0 bridgehead atoms. The van der Waals surface area contributed by atoms with E-state index in [1.165, 1.54) is 32.4 Å². The summed E-state index contributed by atoms with van der Waals surface area (Å²) in [6.45, 7) is 7.55. The summed E-state index contributed by atoms with van der Waals surface area (Å²) in [5, 5.41) is 12.8. The van der Waals surface area contributed by atoms with E-state index in [4.69, 9.17) is 0 Å². The van der Waals surface area contributed by atoms with Crippen molar-refractivity contribution in [3.63, 3.8) is 0 Å². The van der Waals surface area contributed by atoms with Crippen LogP contribution in [0.1, 0.15) is 45.4 Å². The van der Waals surface area contributed by atoms with Crippen molar-refractivity contribution in [3.05, 3.63) is 0 Å². The average Bonchev–Trinajstić information content (AvgIpc) is 3.19. The van der Waals surface area contributed by atoms with Gasteiger partial charge in [0.1, 0.15) is 5.54 Å².